The molecule has 2 heterocycles. The van der Waals surface area contributed by atoms with E-state index in [2.05, 4.69) is 23.4 Å². The van der Waals surface area contributed by atoms with Crippen molar-refractivity contribution in [2.45, 2.75) is 24.4 Å². The number of hydrogen-bond donors (Lipinski definition) is 6. The molecule has 6 N–H and O–H groups in total. The number of hydrogen-bond acceptors (Lipinski definition) is 11. The smallest absolute Gasteiger partial charge is 0.387 e. The van der Waals surface area contributed by atoms with Crippen LogP contribution in [0.25, 0.3) is 0 Å². The summed E-state index contributed by atoms with van der Waals surface area (Å²) in [4.78, 5) is 43.5. The lowest BCUT2D eigenvalue weighted by Crippen LogP contribution is -2.39. The second-order valence-corrected chi connectivity index (χ2v) is 11.1. The summed E-state index contributed by atoms with van der Waals surface area (Å²) in [7, 11) is -15.4. The highest BCUT2D eigenvalue weighted by Crippen LogP contribution is 2.66. The van der Waals surface area contributed by atoms with Crippen LogP contribution in [0.2, 0.25) is 0 Å². The van der Waals surface area contributed by atoms with E-state index in [0.29, 0.717) is 6.66 Å². The average molecular weight is 492 g/mol. The largest absolute Gasteiger partial charge is 0.488 e. The van der Waals surface area contributed by atoms with Crippen LogP contribution in [0.15, 0.2) is 24.5 Å². The summed E-state index contributed by atoms with van der Waals surface area (Å²) in [6, 6.07) is 3.03. The zero-order chi connectivity index (χ0) is 22.7. The molecule has 0 aliphatic carbocycles. The van der Waals surface area contributed by atoms with Crippen LogP contribution in [0.1, 0.15) is 0 Å². The monoisotopic (exact) mass is 492 g/mol. The van der Waals surface area contributed by atoms with E-state index < -0.39 is 60.2 Å². The molecule has 0 saturated carbocycles. The van der Waals surface area contributed by atoms with Gasteiger partial charge in [0.1, 0.15) is 18.3 Å². The zero-order valence-corrected chi connectivity index (χ0v) is 17.8. The van der Waals surface area contributed by atoms with Gasteiger partial charge in [0.15, 0.2) is 6.10 Å². The number of anilines is 1. The molecule has 1 aromatic heterocycles. The molecule has 1 fully saturated rings. The molecule has 1 aromatic rings. The molecular weight excluding hydrogens is 473 g/mol. The van der Waals surface area contributed by atoms with E-state index >= 15 is 0 Å². The van der Waals surface area contributed by atoms with Gasteiger partial charge in [0.05, 0.1) is 18.5 Å². The molecule has 170 valence electrons. The Labute approximate surface area is 169 Å². The Morgan fingerprint density at radius 2 is 1.83 bits per heavy atom. The van der Waals surface area contributed by atoms with Gasteiger partial charge in [0.2, 0.25) is 0 Å². The van der Waals surface area contributed by atoms with Gasteiger partial charge in [-0.2, -0.15) is 4.31 Å². The fourth-order valence-electron chi connectivity index (χ4n) is 2.28. The van der Waals surface area contributed by atoms with Crippen molar-refractivity contribution in [3.8, 4) is 0 Å². The van der Waals surface area contributed by atoms with Crippen molar-refractivity contribution in [1.82, 2.24) is 4.98 Å². The molecule has 1 saturated heterocycles. The van der Waals surface area contributed by atoms with E-state index in [0.717, 1.165) is 0 Å². The molecule has 4 unspecified atom stereocenters. The number of carbonyl (C=O) groups excluding carboxylic acids is 1. The number of phosphoric acid groups is 2. The standard InChI is InChI=1S/C12H19N2O13P3/c1-28(18,19)26-30(22,23)27-29(20,21)24-6-8-9(15)10(16)11(25-8)12(17)14-7-3-2-4-13-5-7/h2-5,8-11,15-16H,6H2,1H3,(H,14,17)(H,18,19)(H,20,21)(H,22,23)/t8-,9-,10-,11?/m1/s1. The van der Waals surface area contributed by atoms with Crippen LogP contribution >= 0.6 is 23.2 Å². The lowest BCUT2D eigenvalue weighted by molar-refractivity contribution is -0.130. The van der Waals surface area contributed by atoms with Crippen molar-refractivity contribution in [2.24, 2.45) is 0 Å². The quantitative estimate of drug-likeness (QED) is 0.240. The Morgan fingerprint density at radius 3 is 2.40 bits per heavy atom. The number of aliphatic hydroxyl groups is 2. The van der Waals surface area contributed by atoms with Crippen LogP contribution in [-0.2, 0) is 36.4 Å². The van der Waals surface area contributed by atoms with E-state index in [-0.39, 0.29) is 5.69 Å². The third kappa shape index (κ3) is 7.57. The Hall–Kier alpha value is -1.05. The van der Waals surface area contributed by atoms with E-state index in [1.54, 1.807) is 0 Å². The first-order chi connectivity index (χ1) is 13.7. The molecule has 15 nitrogen and oxygen atoms in total. The maximum Gasteiger partial charge on any atom is 0.488 e. The van der Waals surface area contributed by atoms with Crippen LogP contribution in [0.3, 0.4) is 0 Å². The van der Waals surface area contributed by atoms with Crippen molar-refractivity contribution in [3.05, 3.63) is 24.5 Å². The molecular formula is C12H19N2O13P3. The fraction of sp³-hybridized carbons (Fsp3) is 0.500. The highest BCUT2D eigenvalue weighted by molar-refractivity contribution is 7.68. The maximum atomic E-state index is 12.2. The number of aromatic nitrogens is 1. The third-order valence-corrected chi connectivity index (χ3v) is 7.58. The number of pyridine rings is 1. The SMILES string of the molecule is CP(=O)(O)OP(=O)(O)OP(=O)(O)OC[C@H]1OC(C(=O)Nc2cccnc2)[C@H](O)[C@@H]1O. The summed E-state index contributed by atoms with van der Waals surface area (Å²) in [5, 5.41) is 22.3. The summed E-state index contributed by atoms with van der Waals surface area (Å²) >= 11 is 0. The second-order valence-electron chi connectivity index (χ2n) is 6.01. The zero-order valence-electron chi connectivity index (χ0n) is 15.1. The predicted molar refractivity (Wildman–Crippen MR) is 97.1 cm³/mol. The Morgan fingerprint density at radius 1 is 1.17 bits per heavy atom. The van der Waals surface area contributed by atoms with E-state index in [4.69, 9.17) is 9.63 Å². The van der Waals surface area contributed by atoms with Gasteiger partial charge in [-0.1, -0.05) is 0 Å². The van der Waals surface area contributed by atoms with Gasteiger partial charge in [0, 0.05) is 12.9 Å². The van der Waals surface area contributed by atoms with Crippen LogP contribution in [0.5, 0.6) is 0 Å². The van der Waals surface area contributed by atoms with Gasteiger partial charge in [-0.25, -0.2) is 13.4 Å². The number of aliphatic hydroxyl groups excluding tert-OH is 2. The molecule has 0 spiro atoms. The number of amides is 1. The van der Waals surface area contributed by atoms with Gasteiger partial charge in [-0.3, -0.25) is 18.9 Å². The molecule has 18 heteroatoms. The number of phosphoric ester groups is 1. The van der Waals surface area contributed by atoms with Crippen LogP contribution in [0, 0.1) is 0 Å². The average Bonchev–Trinajstić information content (AvgIpc) is 2.86. The summed E-state index contributed by atoms with van der Waals surface area (Å²) in [6.45, 7) is -0.436. The van der Waals surface area contributed by atoms with E-state index in [1.807, 2.05) is 0 Å². The molecule has 30 heavy (non-hydrogen) atoms. The van der Waals surface area contributed by atoms with Crippen molar-refractivity contribution in [2.75, 3.05) is 18.6 Å². The van der Waals surface area contributed by atoms with Crippen molar-refractivity contribution < 1.29 is 61.3 Å². The Bertz CT molecular complexity index is 893. The minimum absolute atomic E-state index is 0.275. The number of ether oxygens (including phenoxy) is 1. The minimum atomic E-state index is -5.46. The molecule has 1 aliphatic rings. The van der Waals surface area contributed by atoms with Gasteiger partial charge >= 0.3 is 23.2 Å². The predicted octanol–water partition coefficient (Wildman–Crippen LogP) is -0.425. The first kappa shape index (κ1) is 25.2. The van der Waals surface area contributed by atoms with Crippen molar-refractivity contribution >= 4 is 34.8 Å². The fourth-order valence-corrected chi connectivity index (χ4v) is 5.77. The van der Waals surface area contributed by atoms with Crippen LogP contribution in [-0.4, -0.2) is 73.5 Å². The summed E-state index contributed by atoms with van der Waals surface area (Å²) in [5.41, 5.74) is 0.275. The van der Waals surface area contributed by atoms with Gasteiger partial charge in [0.25, 0.3) is 5.91 Å². The molecule has 0 bridgehead atoms. The molecule has 7 atom stereocenters. The summed E-state index contributed by atoms with van der Waals surface area (Å²) in [5.74, 6) is -0.851. The molecule has 1 amide bonds. The molecule has 0 aromatic carbocycles. The minimum Gasteiger partial charge on any atom is -0.387 e. The maximum absolute atomic E-state index is 12.2. The highest BCUT2D eigenvalue weighted by Gasteiger charge is 2.48. The van der Waals surface area contributed by atoms with Crippen LogP contribution < -0.4 is 5.32 Å². The number of carbonyl (C=O) groups is 1. The van der Waals surface area contributed by atoms with E-state index in [1.165, 1.54) is 24.5 Å². The van der Waals surface area contributed by atoms with Gasteiger partial charge in [-0.05, 0) is 12.1 Å². The molecule has 1 aliphatic heterocycles. The number of rotatable bonds is 9. The first-order valence-electron chi connectivity index (χ1n) is 7.95. The van der Waals surface area contributed by atoms with Crippen molar-refractivity contribution in [3.63, 3.8) is 0 Å². The van der Waals surface area contributed by atoms with Gasteiger partial charge in [-0.15, -0.1) is 0 Å². The summed E-state index contributed by atoms with van der Waals surface area (Å²) in [6.07, 6.45) is -3.80. The molecule has 0 radical (unpaired) electrons. The second kappa shape index (κ2) is 9.61. The normalized spacial score (nSPS) is 30.1. The third-order valence-electron chi connectivity index (χ3n) is 3.41. The van der Waals surface area contributed by atoms with Crippen molar-refractivity contribution in [1.29, 1.82) is 0 Å². The number of nitrogens with one attached hydrogen (secondary N) is 1. The van der Waals surface area contributed by atoms with Crippen LogP contribution in [0.4, 0.5) is 5.69 Å². The topological polar surface area (TPSA) is 231 Å². The van der Waals surface area contributed by atoms with Gasteiger partial charge < -0.3 is 34.9 Å². The first-order valence-corrected chi connectivity index (χ1v) is 13.0. The van der Waals surface area contributed by atoms with E-state index in [9.17, 15) is 38.5 Å². The highest BCUT2D eigenvalue weighted by atomic mass is 31.3. The Kier molecular flexibility index (Phi) is 8.08. The molecule has 2 rings (SSSR count). The lowest BCUT2D eigenvalue weighted by Gasteiger charge is -2.19. The lowest BCUT2D eigenvalue weighted by atomic mass is 10.1. The number of nitrogens with zero attached hydrogens (tertiary/aromatic N) is 1. The Balaban J connectivity index is 1.95. The summed E-state index contributed by atoms with van der Waals surface area (Å²) < 4.78 is 51.3.